The number of amides is 1. The third-order valence-corrected chi connectivity index (χ3v) is 7.08. The third-order valence-electron chi connectivity index (χ3n) is 5.91. The number of carbonyl (C=O) groups excluding carboxylic acids is 3. The molecule has 6 nitrogen and oxygen atoms in total. The second-order valence-electron chi connectivity index (χ2n) is 8.91. The summed E-state index contributed by atoms with van der Waals surface area (Å²) in [5.41, 5.74) is 1.46. The van der Waals surface area contributed by atoms with Gasteiger partial charge < -0.3 is 14.8 Å². The molecule has 1 heterocycles. The molecule has 0 saturated heterocycles. The molecule has 0 radical (unpaired) electrons. The quantitative estimate of drug-likeness (QED) is 0.588. The Morgan fingerprint density at radius 1 is 1.17 bits per heavy atom. The van der Waals surface area contributed by atoms with Crippen molar-refractivity contribution in [2.24, 2.45) is 11.8 Å². The summed E-state index contributed by atoms with van der Waals surface area (Å²) in [6.07, 6.45) is 8.53. The highest BCUT2D eigenvalue weighted by Crippen LogP contribution is 2.40. The number of esters is 2. The summed E-state index contributed by atoms with van der Waals surface area (Å²) in [7, 11) is 0. The van der Waals surface area contributed by atoms with Crippen molar-refractivity contribution in [2.45, 2.75) is 84.7 Å². The van der Waals surface area contributed by atoms with Gasteiger partial charge in [0.2, 0.25) is 0 Å². The molecular weight excluding hydrogens is 402 g/mol. The van der Waals surface area contributed by atoms with E-state index in [9.17, 15) is 14.4 Å². The van der Waals surface area contributed by atoms with Crippen LogP contribution in [0.5, 0.6) is 0 Å². The van der Waals surface area contributed by atoms with Crippen LogP contribution in [0.25, 0.3) is 0 Å². The van der Waals surface area contributed by atoms with E-state index in [2.05, 4.69) is 12.2 Å². The molecule has 166 valence electrons. The van der Waals surface area contributed by atoms with Gasteiger partial charge in [0.25, 0.3) is 5.91 Å². The Kier molecular flexibility index (Phi) is 7.92. The molecule has 30 heavy (non-hydrogen) atoms. The summed E-state index contributed by atoms with van der Waals surface area (Å²) in [6, 6.07) is 0. The maximum atomic E-state index is 12.7. The minimum atomic E-state index is -0.422. The molecule has 1 atom stereocenters. The summed E-state index contributed by atoms with van der Waals surface area (Å²) in [4.78, 5) is 38.2. The van der Waals surface area contributed by atoms with Crippen LogP contribution in [-0.2, 0) is 31.9 Å². The largest absolute Gasteiger partial charge is 0.459 e. The second-order valence-corrected chi connectivity index (χ2v) is 10.0. The van der Waals surface area contributed by atoms with Gasteiger partial charge in [-0.3, -0.25) is 9.59 Å². The average Bonchev–Trinajstić information content (AvgIpc) is 3.31. The molecule has 1 N–H and O–H groups in total. The lowest BCUT2D eigenvalue weighted by atomic mass is 9.88. The molecule has 0 spiro atoms. The van der Waals surface area contributed by atoms with Gasteiger partial charge in [-0.2, -0.15) is 0 Å². The lowest BCUT2D eigenvalue weighted by molar-refractivity contribution is -0.147. The van der Waals surface area contributed by atoms with E-state index in [0.29, 0.717) is 28.8 Å². The highest BCUT2D eigenvalue weighted by molar-refractivity contribution is 7.17. The molecule has 2 aliphatic carbocycles. The zero-order valence-corrected chi connectivity index (χ0v) is 19.1. The first-order chi connectivity index (χ1) is 14.3. The van der Waals surface area contributed by atoms with Gasteiger partial charge in [0, 0.05) is 11.3 Å². The fourth-order valence-electron chi connectivity index (χ4n) is 4.33. The molecule has 1 saturated carbocycles. The van der Waals surface area contributed by atoms with Gasteiger partial charge >= 0.3 is 11.9 Å². The smallest absolute Gasteiger partial charge is 0.341 e. The average molecular weight is 436 g/mol. The summed E-state index contributed by atoms with van der Waals surface area (Å²) in [5.74, 6) is 0.00129. The van der Waals surface area contributed by atoms with E-state index in [0.717, 1.165) is 36.1 Å². The van der Waals surface area contributed by atoms with E-state index < -0.39 is 11.9 Å². The van der Waals surface area contributed by atoms with Crippen molar-refractivity contribution in [1.82, 2.24) is 0 Å². The standard InChI is InChI=1S/C23H33NO5S/c1-14(2)29-23(27)21-17-10-8-15(3)12-18(17)30-22(21)24-19(25)13-28-20(26)11-9-16-6-4-5-7-16/h14-16H,4-13H2,1-3H3,(H,24,25). The molecule has 0 aromatic carbocycles. The maximum absolute atomic E-state index is 12.7. The lowest BCUT2D eigenvalue weighted by Crippen LogP contribution is -2.22. The van der Waals surface area contributed by atoms with Gasteiger partial charge in [-0.15, -0.1) is 11.3 Å². The molecule has 1 fully saturated rings. The number of nitrogens with one attached hydrogen (secondary N) is 1. The topological polar surface area (TPSA) is 81.7 Å². The van der Waals surface area contributed by atoms with E-state index in [1.165, 1.54) is 37.0 Å². The van der Waals surface area contributed by atoms with Crippen LogP contribution in [0.15, 0.2) is 0 Å². The Morgan fingerprint density at radius 3 is 2.60 bits per heavy atom. The van der Waals surface area contributed by atoms with Crippen LogP contribution in [0.1, 0.15) is 86.5 Å². The highest BCUT2D eigenvalue weighted by Gasteiger charge is 2.29. The first kappa shape index (κ1) is 22.8. The lowest BCUT2D eigenvalue weighted by Gasteiger charge is -2.18. The van der Waals surface area contributed by atoms with E-state index >= 15 is 0 Å². The molecule has 1 aromatic heterocycles. The first-order valence-electron chi connectivity index (χ1n) is 11.1. The summed E-state index contributed by atoms with van der Waals surface area (Å²) < 4.78 is 10.6. The second kappa shape index (κ2) is 10.4. The Bertz CT molecular complexity index is 779. The molecule has 2 aliphatic rings. The SMILES string of the molecule is CC1CCc2c(sc(NC(=O)COC(=O)CCC3CCCC3)c2C(=O)OC(C)C)C1. The summed E-state index contributed by atoms with van der Waals surface area (Å²) in [6.45, 7) is 5.48. The van der Waals surface area contributed by atoms with Crippen molar-refractivity contribution in [3.63, 3.8) is 0 Å². The zero-order chi connectivity index (χ0) is 21.7. The van der Waals surface area contributed by atoms with E-state index in [4.69, 9.17) is 9.47 Å². The Labute approximate surface area is 182 Å². The molecular formula is C23H33NO5S. The third kappa shape index (κ3) is 6.06. The minimum absolute atomic E-state index is 0.236. The number of thiophene rings is 1. The Hall–Kier alpha value is -1.89. The van der Waals surface area contributed by atoms with Crippen LogP contribution in [0.3, 0.4) is 0 Å². The highest BCUT2D eigenvalue weighted by atomic mass is 32.1. The molecule has 0 aliphatic heterocycles. The van der Waals surface area contributed by atoms with Crippen molar-refractivity contribution in [3.8, 4) is 0 Å². The number of fused-ring (bicyclic) bond motifs is 1. The number of rotatable bonds is 8. The fraction of sp³-hybridized carbons (Fsp3) is 0.696. The van der Waals surface area contributed by atoms with Crippen LogP contribution < -0.4 is 5.32 Å². The minimum Gasteiger partial charge on any atom is -0.459 e. The van der Waals surface area contributed by atoms with Crippen molar-refractivity contribution in [3.05, 3.63) is 16.0 Å². The van der Waals surface area contributed by atoms with Crippen LogP contribution in [0, 0.1) is 11.8 Å². The van der Waals surface area contributed by atoms with Crippen molar-refractivity contribution in [2.75, 3.05) is 11.9 Å². The number of hydrogen-bond donors (Lipinski definition) is 1. The van der Waals surface area contributed by atoms with Crippen LogP contribution in [0.4, 0.5) is 5.00 Å². The summed E-state index contributed by atoms with van der Waals surface area (Å²) >= 11 is 1.44. The van der Waals surface area contributed by atoms with Crippen molar-refractivity contribution >= 4 is 34.2 Å². The van der Waals surface area contributed by atoms with Crippen LogP contribution in [-0.4, -0.2) is 30.6 Å². The van der Waals surface area contributed by atoms with Crippen molar-refractivity contribution in [1.29, 1.82) is 0 Å². The number of hydrogen-bond acceptors (Lipinski definition) is 6. The van der Waals surface area contributed by atoms with E-state index in [1.54, 1.807) is 0 Å². The molecule has 1 amide bonds. The van der Waals surface area contributed by atoms with Gasteiger partial charge in [0.15, 0.2) is 6.61 Å². The van der Waals surface area contributed by atoms with Gasteiger partial charge in [-0.05, 0) is 56.9 Å². The predicted molar refractivity (Wildman–Crippen MR) is 117 cm³/mol. The molecule has 1 unspecified atom stereocenters. The first-order valence-corrected chi connectivity index (χ1v) is 12.0. The normalized spacial score (nSPS) is 18.9. The molecule has 7 heteroatoms. The molecule has 1 aromatic rings. The van der Waals surface area contributed by atoms with Crippen LogP contribution in [0.2, 0.25) is 0 Å². The van der Waals surface area contributed by atoms with Crippen molar-refractivity contribution < 1.29 is 23.9 Å². The molecule has 3 rings (SSSR count). The fourth-order valence-corrected chi connectivity index (χ4v) is 5.74. The monoisotopic (exact) mass is 435 g/mol. The Balaban J connectivity index is 1.59. The maximum Gasteiger partial charge on any atom is 0.341 e. The van der Waals surface area contributed by atoms with E-state index in [1.807, 2.05) is 13.8 Å². The van der Waals surface area contributed by atoms with Gasteiger partial charge in [0.05, 0.1) is 11.7 Å². The zero-order valence-electron chi connectivity index (χ0n) is 18.3. The molecule has 0 bridgehead atoms. The van der Waals surface area contributed by atoms with Gasteiger partial charge in [-0.25, -0.2) is 4.79 Å². The van der Waals surface area contributed by atoms with Gasteiger partial charge in [-0.1, -0.05) is 32.6 Å². The predicted octanol–water partition coefficient (Wildman–Crippen LogP) is 4.89. The Morgan fingerprint density at radius 2 is 1.90 bits per heavy atom. The van der Waals surface area contributed by atoms with Gasteiger partial charge in [0.1, 0.15) is 5.00 Å². The number of carbonyl (C=O) groups is 3. The van der Waals surface area contributed by atoms with Crippen LogP contribution >= 0.6 is 11.3 Å². The number of ether oxygens (including phenoxy) is 2. The summed E-state index contributed by atoms with van der Waals surface area (Å²) in [5, 5.41) is 3.30. The number of anilines is 1. The van der Waals surface area contributed by atoms with E-state index in [-0.39, 0.29) is 18.7 Å².